The smallest absolute Gasteiger partial charge is 0.335 e. The molecule has 0 spiro atoms. The molecule has 0 radical (unpaired) electrons. The van der Waals surface area contributed by atoms with Gasteiger partial charge in [0.1, 0.15) is 0 Å². The van der Waals surface area contributed by atoms with Gasteiger partial charge < -0.3 is 15.3 Å². The first-order valence-electron chi connectivity index (χ1n) is 12.3. The summed E-state index contributed by atoms with van der Waals surface area (Å²) in [5, 5.41) is 25.2. The first-order valence-corrected chi connectivity index (χ1v) is 12.3. The van der Waals surface area contributed by atoms with E-state index in [1.165, 1.54) is 36.8 Å². The largest absolute Gasteiger partial charge is 0.478 e. The molecule has 7 heteroatoms. The maximum atomic E-state index is 10.2. The Balaban J connectivity index is 0.000000259. The van der Waals surface area contributed by atoms with Crippen molar-refractivity contribution in [2.24, 2.45) is 0 Å². The quantitative estimate of drug-likeness (QED) is 0.183. The summed E-state index contributed by atoms with van der Waals surface area (Å²) in [7, 11) is 0. The van der Waals surface area contributed by atoms with Crippen molar-refractivity contribution in [3.8, 4) is 0 Å². The molecular formula is C32H33O6Ti-. The molecule has 1 aliphatic carbocycles. The molecule has 3 N–H and O–H groups in total. The first kappa shape index (κ1) is 33.2. The van der Waals surface area contributed by atoms with E-state index in [4.69, 9.17) is 15.3 Å². The van der Waals surface area contributed by atoms with E-state index in [0.717, 1.165) is 0 Å². The predicted molar refractivity (Wildman–Crippen MR) is 148 cm³/mol. The Morgan fingerprint density at radius 1 is 0.615 bits per heavy atom. The van der Waals surface area contributed by atoms with E-state index < -0.39 is 17.9 Å². The number of carboxylic acids is 3. The fraction of sp³-hybridized carbons (Fsp3) is 0.188. The average Bonchev–Trinajstić information content (AvgIpc) is 3.24. The molecule has 0 saturated heterocycles. The summed E-state index contributed by atoms with van der Waals surface area (Å²) >= 11 is 0. The molecular weight excluding hydrogens is 528 g/mol. The molecule has 0 aliphatic heterocycles. The molecule has 6 nitrogen and oxygen atoms in total. The maximum absolute atomic E-state index is 10.2. The standard InChI is InChI=1S/C11H15.3C7H6O2.Ti/c1-8-7-9(2)11-6-4-3-5-10(8)11;3*8-7(9)6-4-2-1-3-5-6;/h7H,3-6H2,1-2H3;3*1-5H,(H,8,9);/q-1;;;;. The van der Waals surface area contributed by atoms with Gasteiger partial charge in [-0.05, 0) is 36.4 Å². The molecule has 39 heavy (non-hydrogen) atoms. The summed E-state index contributed by atoms with van der Waals surface area (Å²) in [5.74, 6) is -2.64. The fourth-order valence-electron chi connectivity index (χ4n) is 4.02. The fourth-order valence-corrected chi connectivity index (χ4v) is 4.02. The number of hydrogen-bond donors (Lipinski definition) is 3. The van der Waals surface area contributed by atoms with Gasteiger partial charge in [0, 0.05) is 21.7 Å². The van der Waals surface area contributed by atoms with Gasteiger partial charge in [0.15, 0.2) is 0 Å². The van der Waals surface area contributed by atoms with Gasteiger partial charge in [0.25, 0.3) is 0 Å². The van der Waals surface area contributed by atoms with Crippen LogP contribution in [-0.4, -0.2) is 33.2 Å². The van der Waals surface area contributed by atoms with E-state index in [1.54, 1.807) is 102 Å². The van der Waals surface area contributed by atoms with Crippen LogP contribution in [0.3, 0.4) is 0 Å². The molecule has 4 aromatic rings. The van der Waals surface area contributed by atoms with E-state index in [9.17, 15) is 14.4 Å². The zero-order valence-corrected chi connectivity index (χ0v) is 23.7. The zero-order chi connectivity index (χ0) is 27.9. The number of carbonyl (C=O) groups is 3. The Kier molecular flexibility index (Phi) is 15.0. The van der Waals surface area contributed by atoms with Gasteiger partial charge in [0.05, 0.1) is 16.7 Å². The summed E-state index contributed by atoms with van der Waals surface area (Å²) in [6.07, 6.45) is 5.46. The van der Waals surface area contributed by atoms with Gasteiger partial charge in [-0.3, -0.25) is 0 Å². The van der Waals surface area contributed by atoms with Crippen LogP contribution in [0, 0.1) is 13.8 Å². The second kappa shape index (κ2) is 17.6. The number of aromatic carboxylic acids is 3. The van der Waals surface area contributed by atoms with Crippen LogP contribution in [0.15, 0.2) is 97.1 Å². The van der Waals surface area contributed by atoms with Crippen molar-refractivity contribution in [2.45, 2.75) is 39.5 Å². The third-order valence-electron chi connectivity index (χ3n) is 5.92. The van der Waals surface area contributed by atoms with Crippen molar-refractivity contribution in [3.63, 3.8) is 0 Å². The molecule has 0 fully saturated rings. The number of rotatable bonds is 3. The molecule has 4 aromatic carbocycles. The summed E-state index contributed by atoms with van der Waals surface area (Å²) < 4.78 is 0. The van der Waals surface area contributed by atoms with E-state index in [1.807, 2.05) is 0 Å². The zero-order valence-electron chi connectivity index (χ0n) is 22.1. The Morgan fingerprint density at radius 2 is 0.949 bits per heavy atom. The van der Waals surface area contributed by atoms with Crippen LogP contribution in [0.4, 0.5) is 0 Å². The molecule has 0 bridgehead atoms. The van der Waals surface area contributed by atoms with Crippen LogP contribution in [0.1, 0.15) is 66.2 Å². The van der Waals surface area contributed by atoms with Crippen molar-refractivity contribution >= 4 is 17.9 Å². The van der Waals surface area contributed by atoms with Crippen molar-refractivity contribution in [3.05, 3.63) is 136 Å². The molecule has 202 valence electrons. The molecule has 0 unspecified atom stereocenters. The summed E-state index contributed by atoms with van der Waals surface area (Å²) in [4.78, 5) is 30.6. The van der Waals surface area contributed by atoms with Crippen molar-refractivity contribution in [2.75, 3.05) is 0 Å². The van der Waals surface area contributed by atoms with Crippen LogP contribution in [-0.2, 0) is 34.6 Å². The molecule has 0 saturated carbocycles. The molecule has 0 aromatic heterocycles. The SMILES string of the molecule is Cc1c[c-](C)c2c1CCCC2.O=C(O)c1ccccc1.O=C(O)c1ccccc1.O=C(O)c1ccccc1.[Ti]. The van der Waals surface area contributed by atoms with E-state index in [-0.39, 0.29) is 21.7 Å². The van der Waals surface area contributed by atoms with Crippen LogP contribution in [0.5, 0.6) is 0 Å². The molecule has 5 rings (SSSR count). The van der Waals surface area contributed by atoms with E-state index in [0.29, 0.717) is 16.7 Å². The Labute approximate surface area is 244 Å². The number of aryl methyl sites for hydroxylation is 2. The van der Waals surface area contributed by atoms with Crippen LogP contribution in [0.25, 0.3) is 0 Å². The minimum Gasteiger partial charge on any atom is -0.478 e. The summed E-state index contributed by atoms with van der Waals surface area (Å²) in [6.45, 7) is 4.49. The molecule has 0 amide bonds. The van der Waals surface area contributed by atoms with Gasteiger partial charge in [-0.1, -0.05) is 94.1 Å². The Morgan fingerprint density at radius 3 is 1.23 bits per heavy atom. The van der Waals surface area contributed by atoms with Crippen molar-refractivity contribution < 1.29 is 51.4 Å². The first-order chi connectivity index (χ1) is 18.2. The van der Waals surface area contributed by atoms with Crippen LogP contribution < -0.4 is 0 Å². The minimum atomic E-state index is -0.879. The normalized spacial score (nSPS) is 10.8. The Hall–Kier alpha value is -3.87. The third kappa shape index (κ3) is 11.6. The number of hydrogen-bond acceptors (Lipinski definition) is 3. The van der Waals surface area contributed by atoms with E-state index >= 15 is 0 Å². The van der Waals surface area contributed by atoms with Gasteiger partial charge >= 0.3 is 17.9 Å². The third-order valence-corrected chi connectivity index (χ3v) is 5.92. The van der Waals surface area contributed by atoms with Crippen LogP contribution >= 0.6 is 0 Å². The molecule has 0 atom stereocenters. The second-order valence-electron chi connectivity index (χ2n) is 8.69. The summed E-state index contributed by atoms with van der Waals surface area (Å²) in [6, 6.07) is 27.2. The van der Waals surface area contributed by atoms with Crippen LogP contribution in [0.2, 0.25) is 0 Å². The predicted octanol–water partition coefficient (Wildman–Crippen LogP) is 7.05. The monoisotopic (exact) mass is 561 g/mol. The maximum Gasteiger partial charge on any atom is 0.335 e. The number of benzene rings is 3. The second-order valence-corrected chi connectivity index (χ2v) is 8.69. The van der Waals surface area contributed by atoms with Crippen molar-refractivity contribution in [1.29, 1.82) is 0 Å². The number of carboxylic acid groups (broad SMARTS) is 3. The summed E-state index contributed by atoms with van der Waals surface area (Å²) in [5.41, 5.74) is 7.37. The molecule has 1 aliphatic rings. The van der Waals surface area contributed by atoms with Gasteiger partial charge in [-0.15, -0.1) is 0 Å². The van der Waals surface area contributed by atoms with Gasteiger partial charge in [-0.2, -0.15) is 28.3 Å². The minimum absolute atomic E-state index is 0. The van der Waals surface area contributed by atoms with Gasteiger partial charge in [0.2, 0.25) is 0 Å². The van der Waals surface area contributed by atoms with E-state index in [2.05, 4.69) is 19.9 Å². The number of fused-ring (bicyclic) bond motifs is 1. The topological polar surface area (TPSA) is 112 Å². The average molecular weight is 561 g/mol. The van der Waals surface area contributed by atoms with Crippen molar-refractivity contribution in [1.82, 2.24) is 0 Å². The van der Waals surface area contributed by atoms with Gasteiger partial charge in [-0.25, -0.2) is 14.4 Å². The molecule has 0 heterocycles. The Bertz CT molecular complexity index is 1150.